The lowest BCUT2D eigenvalue weighted by molar-refractivity contribution is 0.249. The quantitative estimate of drug-likeness (QED) is 0.812. The van der Waals surface area contributed by atoms with Crippen LogP contribution in [0, 0.1) is 5.82 Å². The highest BCUT2D eigenvalue weighted by molar-refractivity contribution is 7.90. The smallest absolute Gasteiger partial charge is 0.179 e. The molecule has 1 aliphatic rings. The molecular weight excluding hydrogens is 365 g/mol. The van der Waals surface area contributed by atoms with Gasteiger partial charge in [0.15, 0.2) is 9.84 Å². The summed E-state index contributed by atoms with van der Waals surface area (Å²) in [5.41, 5.74) is 0.881. The average Bonchev–Trinajstić information content (AvgIpc) is 2.57. The SMILES string of the molecule is CS(=O)(=O)c1cccnc1N1CCN(Cc2ccc(F)cc2Cl)CC1. The van der Waals surface area contributed by atoms with E-state index in [4.69, 9.17) is 11.6 Å². The minimum Gasteiger partial charge on any atom is -0.353 e. The molecule has 0 N–H and O–H groups in total. The van der Waals surface area contributed by atoms with E-state index in [1.807, 2.05) is 4.90 Å². The number of anilines is 1. The average molecular weight is 384 g/mol. The molecule has 1 aliphatic heterocycles. The molecule has 25 heavy (non-hydrogen) atoms. The van der Waals surface area contributed by atoms with Gasteiger partial charge in [0.05, 0.1) is 0 Å². The standard InChI is InChI=1S/C17H19ClFN3O2S/c1-25(23,24)16-3-2-6-20-17(16)22-9-7-21(8-10-22)12-13-4-5-14(19)11-15(13)18/h2-6,11H,7-10,12H2,1H3. The number of pyridine rings is 1. The first-order valence-corrected chi connectivity index (χ1v) is 10.2. The Labute approximate surface area is 152 Å². The van der Waals surface area contributed by atoms with Gasteiger partial charge in [-0.1, -0.05) is 17.7 Å². The zero-order valence-corrected chi connectivity index (χ0v) is 15.4. The van der Waals surface area contributed by atoms with Gasteiger partial charge < -0.3 is 4.90 Å². The van der Waals surface area contributed by atoms with Crippen molar-refractivity contribution < 1.29 is 12.8 Å². The van der Waals surface area contributed by atoms with Crippen LogP contribution >= 0.6 is 11.6 Å². The predicted molar refractivity (Wildman–Crippen MR) is 96.2 cm³/mol. The molecule has 1 aromatic heterocycles. The molecule has 1 aromatic carbocycles. The first kappa shape index (κ1) is 18.1. The van der Waals surface area contributed by atoms with Crippen LogP contribution in [0.15, 0.2) is 41.4 Å². The molecule has 0 atom stereocenters. The van der Waals surface area contributed by atoms with Crippen molar-refractivity contribution in [1.82, 2.24) is 9.88 Å². The Balaban J connectivity index is 1.69. The van der Waals surface area contributed by atoms with Crippen molar-refractivity contribution in [2.45, 2.75) is 11.4 Å². The van der Waals surface area contributed by atoms with Gasteiger partial charge in [-0.25, -0.2) is 17.8 Å². The summed E-state index contributed by atoms with van der Waals surface area (Å²) in [7, 11) is -3.33. The number of nitrogens with zero attached hydrogens (tertiary/aromatic N) is 3. The highest BCUT2D eigenvalue weighted by atomic mass is 35.5. The van der Waals surface area contributed by atoms with Crippen molar-refractivity contribution in [3.05, 3.63) is 52.9 Å². The van der Waals surface area contributed by atoms with Crippen LogP contribution in [-0.4, -0.2) is 50.7 Å². The Morgan fingerprint density at radius 1 is 1.20 bits per heavy atom. The monoisotopic (exact) mass is 383 g/mol. The fourth-order valence-electron chi connectivity index (χ4n) is 2.92. The normalized spacial score (nSPS) is 16.2. The van der Waals surface area contributed by atoms with Crippen LogP contribution in [-0.2, 0) is 16.4 Å². The summed E-state index contributed by atoms with van der Waals surface area (Å²) >= 11 is 6.09. The lowest BCUT2D eigenvalue weighted by Gasteiger charge is -2.36. The number of halogens is 2. The molecule has 2 heterocycles. The molecule has 0 bridgehead atoms. The van der Waals surface area contributed by atoms with Gasteiger partial charge >= 0.3 is 0 Å². The molecule has 0 unspecified atom stereocenters. The summed E-state index contributed by atoms with van der Waals surface area (Å²) in [6.45, 7) is 3.45. The number of benzene rings is 1. The second-order valence-electron chi connectivity index (χ2n) is 6.10. The van der Waals surface area contributed by atoms with Crippen LogP contribution in [0.3, 0.4) is 0 Å². The minimum absolute atomic E-state index is 0.255. The summed E-state index contributed by atoms with van der Waals surface area (Å²) in [4.78, 5) is 8.71. The van der Waals surface area contributed by atoms with Crippen molar-refractivity contribution in [1.29, 1.82) is 0 Å². The van der Waals surface area contributed by atoms with E-state index in [0.717, 1.165) is 18.7 Å². The van der Waals surface area contributed by atoms with Gasteiger partial charge in [-0.15, -0.1) is 0 Å². The van der Waals surface area contributed by atoms with E-state index in [1.54, 1.807) is 24.4 Å². The van der Waals surface area contributed by atoms with Crippen LogP contribution in [0.5, 0.6) is 0 Å². The minimum atomic E-state index is -3.33. The zero-order valence-electron chi connectivity index (χ0n) is 13.8. The van der Waals surface area contributed by atoms with Crippen LogP contribution in [0.1, 0.15) is 5.56 Å². The fraction of sp³-hybridized carbons (Fsp3) is 0.353. The maximum absolute atomic E-state index is 13.1. The van der Waals surface area contributed by atoms with Crippen LogP contribution < -0.4 is 4.90 Å². The second-order valence-corrected chi connectivity index (χ2v) is 8.49. The largest absolute Gasteiger partial charge is 0.353 e. The van der Waals surface area contributed by atoms with Crippen LogP contribution in [0.2, 0.25) is 5.02 Å². The molecule has 1 saturated heterocycles. The Kier molecular flexibility index (Phi) is 5.27. The summed E-state index contributed by atoms with van der Waals surface area (Å²) in [6.07, 6.45) is 2.80. The molecule has 0 amide bonds. The Hall–Kier alpha value is -1.70. The number of piperazine rings is 1. The lowest BCUT2D eigenvalue weighted by Crippen LogP contribution is -2.46. The third kappa shape index (κ3) is 4.29. The van der Waals surface area contributed by atoms with Crippen molar-refractivity contribution in [3.63, 3.8) is 0 Å². The van der Waals surface area contributed by atoms with Crippen molar-refractivity contribution >= 4 is 27.3 Å². The van der Waals surface area contributed by atoms with E-state index in [0.29, 0.717) is 30.5 Å². The maximum atomic E-state index is 13.1. The van der Waals surface area contributed by atoms with Gasteiger partial charge in [-0.2, -0.15) is 0 Å². The fourth-order valence-corrected chi connectivity index (χ4v) is 3.98. The first-order chi connectivity index (χ1) is 11.8. The van der Waals surface area contributed by atoms with Gasteiger partial charge in [-0.05, 0) is 29.8 Å². The Morgan fingerprint density at radius 3 is 2.56 bits per heavy atom. The maximum Gasteiger partial charge on any atom is 0.179 e. The first-order valence-electron chi connectivity index (χ1n) is 7.91. The van der Waals surface area contributed by atoms with E-state index < -0.39 is 9.84 Å². The van der Waals surface area contributed by atoms with Gasteiger partial charge in [0.25, 0.3) is 0 Å². The highest BCUT2D eigenvalue weighted by Gasteiger charge is 2.23. The molecule has 8 heteroatoms. The molecule has 134 valence electrons. The van der Waals surface area contributed by atoms with Gasteiger partial charge in [0, 0.05) is 50.2 Å². The number of rotatable bonds is 4. The molecular formula is C17H19ClFN3O2S. The molecule has 2 aromatic rings. The number of hydrogen-bond acceptors (Lipinski definition) is 5. The number of aromatic nitrogens is 1. The van der Waals surface area contributed by atoms with Crippen LogP contribution in [0.4, 0.5) is 10.2 Å². The van der Waals surface area contributed by atoms with Gasteiger partial charge in [0.1, 0.15) is 16.5 Å². The molecule has 0 saturated carbocycles. The molecule has 3 rings (SSSR count). The highest BCUT2D eigenvalue weighted by Crippen LogP contribution is 2.24. The van der Waals surface area contributed by atoms with E-state index in [-0.39, 0.29) is 10.7 Å². The summed E-state index contributed by atoms with van der Waals surface area (Å²) in [5, 5.41) is 0.423. The molecule has 5 nitrogen and oxygen atoms in total. The zero-order chi connectivity index (χ0) is 18.0. The van der Waals surface area contributed by atoms with E-state index in [2.05, 4.69) is 9.88 Å². The van der Waals surface area contributed by atoms with Gasteiger partial charge in [-0.3, -0.25) is 4.90 Å². The number of sulfone groups is 1. The van der Waals surface area contributed by atoms with E-state index in [9.17, 15) is 12.8 Å². The lowest BCUT2D eigenvalue weighted by atomic mass is 10.2. The topological polar surface area (TPSA) is 53.5 Å². The van der Waals surface area contributed by atoms with Crippen molar-refractivity contribution in [3.8, 4) is 0 Å². The summed E-state index contributed by atoms with van der Waals surface area (Å²) < 4.78 is 37.0. The second kappa shape index (κ2) is 7.27. The molecule has 0 radical (unpaired) electrons. The molecule has 0 aliphatic carbocycles. The summed E-state index contributed by atoms with van der Waals surface area (Å²) in [6, 6.07) is 7.64. The van der Waals surface area contributed by atoms with E-state index in [1.165, 1.54) is 18.4 Å². The molecule has 1 fully saturated rings. The Bertz CT molecular complexity index is 868. The van der Waals surface area contributed by atoms with Crippen molar-refractivity contribution in [2.75, 3.05) is 37.3 Å². The van der Waals surface area contributed by atoms with Gasteiger partial charge in [0.2, 0.25) is 0 Å². The number of hydrogen-bond donors (Lipinski definition) is 0. The predicted octanol–water partition coefficient (Wildman–Crippen LogP) is 2.60. The third-order valence-electron chi connectivity index (χ3n) is 4.23. The Morgan fingerprint density at radius 2 is 1.92 bits per heavy atom. The third-order valence-corrected chi connectivity index (χ3v) is 5.70. The molecule has 0 spiro atoms. The van der Waals surface area contributed by atoms with Crippen LogP contribution in [0.25, 0.3) is 0 Å². The van der Waals surface area contributed by atoms with E-state index >= 15 is 0 Å². The van der Waals surface area contributed by atoms with Crippen molar-refractivity contribution in [2.24, 2.45) is 0 Å². The summed E-state index contributed by atoms with van der Waals surface area (Å²) in [5.74, 6) is 0.159.